The Hall–Kier alpha value is -1.77. The van der Waals surface area contributed by atoms with Crippen LogP contribution in [0.3, 0.4) is 0 Å². The molecule has 6 rings (SSSR count). The van der Waals surface area contributed by atoms with E-state index < -0.39 is 33.2 Å². The second-order valence-corrected chi connectivity index (χ2v) is 14.8. The summed E-state index contributed by atoms with van der Waals surface area (Å²) in [6, 6.07) is 9.44. The standard InChI is InChI=1S/C29H40N2O5S/c1-16-10-11-23-27(2,3)25(31-34)22(37(35)17-8-6-5-7-9-17)14-29(23)28(16,4)13-19-21(32)12-18-20(24(19)36-29)15-30-26(18)33/h5-9,16,18-24,32,34H,10-15H2,1-4H3,(H,30,33). The van der Waals surface area contributed by atoms with Crippen LogP contribution in [0, 0.1) is 40.4 Å². The molecule has 0 aromatic heterocycles. The molecule has 3 aliphatic carbocycles. The van der Waals surface area contributed by atoms with E-state index in [4.69, 9.17) is 4.74 Å². The summed E-state index contributed by atoms with van der Waals surface area (Å²) in [6.07, 6.45) is 2.97. The monoisotopic (exact) mass is 528 g/mol. The summed E-state index contributed by atoms with van der Waals surface area (Å²) >= 11 is 0. The number of amides is 1. The maximum atomic E-state index is 14.1. The maximum absolute atomic E-state index is 14.1. The van der Waals surface area contributed by atoms with Crippen molar-refractivity contribution in [3.05, 3.63) is 30.3 Å². The number of aliphatic hydroxyl groups is 1. The Morgan fingerprint density at radius 1 is 1.11 bits per heavy atom. The molecule has 8 heteroatoms. The number of rotatable bonds is 2. The minimum atomic E-state index is -1.43. The molecule has 5 aliphatic rings. The average molecular weight is 529 g/mol. The molecule has 202 valence electrons. The Morgan fingerprint density at radius 3 is 2.54 bits per heavy atom. The van der Waals surface area contributed by atoms with E-state index in [-0.39, 0.29) is 41.1 Å². The number of benzene rings is 1. The lowest BCUT2D eigenvalue weighted by Crippen LogP contribution is -2.74. The summed E-state index contributed by atoms with van der Waals surface area (Å²) in [5, 5.41) is 27.9. The molecule has 0 bridgehead atoms. The summed E-state index contributed by atoms with van der Waals surface area (Å²) in [6.45, 7) is 9.43. The zero-order chi connectivity index (χ0) is 26.3. The fourth-order valence-corrected chi connectivity index (χ4v) is 10.9. The minimum absolute atomic E-state index is 0.0206. The fraction of sp³-hybridized carbons (Fsp3) is 0.724. The van der Waals surface area contributed by atoms with E-state index in [0.717, 1.165) is 24.2 Å². The summed E-state index contributed by atoms with van der Waals surface area (Å²) in [5.74, 6) is 0.225. The van der Waals surface area contributed by atoms with Crippen LogP contribution in [0.5, 0.6) is 0 Å². The maximum Gasteiger partial charge on any atom is 0.223 e. The fourth-order valence-electron chi connectivity index (χ4n) is 9.24. The number of carbonyl (C=O) groups is 1. The number of carbonyl (C=O) groups excluding carboxylic acids is 1. The van der Waals surface area contributed by atoms with E-state index in [1.165, 1.54) is 0 Å². The number of hydrogen-bond donors (Lipinski definition) is 3. The Labute approximate surface area is 221 Å². The highest BCUT2D eigenvalue weighted by Crippen LogP contribution is 2.68. The number of fused-ring (bicyclic) bond motifs is 3. The first-order valence-corrected chi connectivity index (χ1v) is 15.1. The molecule has 2 saturated heterocycles. The predicted octanol–water partition coefficient (Wildman–Crippen LogP) is 3.75. The smallest absolute Gasteiger partial charge is 0.223 e. The van der Waals surface area contributed by atoms with Gasteiger partial charge in [0.15, 0.2) is 0 Å². The Kier molecular flexibility index (Phi) is 5.94. The van der Waals surface area contributed by atoms with Crippen molar-refractivity contribution >= 4 is 22.4 Å². The summed E-state index contributed by atoms with van der Waals surface area (Å²) in [7, 11) is -1.43. The highest BCUT2D eigenvalue weighted by molar-refractivity contribution is 7.86. The van der Waals surface area contributed by atoms with Crippen LogP contribution in [0.1, 0.15) is 59.8 Å². The molecule has 1 amide bonds. The van der Waals surface area contributed by atoms with Gasteiger partial charge >= 0.3 is 0 Å². The van der Waals surface area contributed by atoms with E-state index >= 15 is 0 Å². The molecule has 37 heavy (non-hydrogen) atoms. The third-order valence-electron chi connectivity index (χ3n) is 11.4. The third-order valence-corrected chi connectivity index (χ3v) is 13.0. The van der Waals surface area contributed by atoms with Gasteiger partial charge in [0.25, 0.3) is 0 Å². The second-order valence-electron chi connectivity index (χ2n) is 13.1. The summed E-state index contributed by atoms with van der Waals surface area (Å²) in [4.78, 5) is 13.3. The molecule has 2 aliphatic heterocycles. The van der Waals surface area contributed by atoms with Crippen molar-refractivity contribution in [3.8, 4) is 0 Å². The van der Waals surface area contributed by atoms with Gasteiger partial charge in [0.2, 0.25) is 5.91 Å². The third kappa shape index (κ3) is 3.40. The van der Waals surface area contributed by atoms with Gasteiger partial charge in [-0.25, -0.2) is 0 Å². The van der Waals surface area contributed by atoms with Crippen molar-refractivity contribution in [1.82, 2.24) is 5.32 Å². The zero-order valence-electron chi connectivity index (χ0n) is 22.2. The van der Waals surface area contributed by atoms with Gasteiger partial charge in [0.1, 0.15) is 0 Å². The van der Waals surface area contributed by atoms with Gasteiger partial charge in [-0.05, 0) is 61.5 Å². The topological polar surface area (TPSA) is 108 Å². The Balaban J connectivity index is 1.49. The van der Waals surface area contributed by atoms with Crippen LogP contribution in [0.15, 0.2) is 40.4 Å². The van der Waals surface area contributed by atoms with Crippen molar-refractivity contribution in [1.29, 1.82) is 0 Å². The highest BCUT2D eigenvalue weighted by Gasteiger charge is 2.72. The number of oxime groups is 1. The van der Waals surface area contributed by atoms with Crippen LogP contribution in [-0.4, -0.2) is 55.7 Å². The van der Waals surface area contributed by atoms with Gasteiger partial charge in [-0.15, -0.1) is 0 Å². The van der Waals surface area contributed by atoms with Crippen LogP contribution in [0.4, 0.5) is 0 Å². The molecule has 1 aromatic carbocycles. The van der Waals surface area contributed by atoms with Crippen LogP contribution < -0.4 is 5.32 Å². The van der Waals surface area contributed by atoms with Crippen molar-refractivity contribution in [2.45, 2.75) is 87.8 Å². The van der Waals surface area contributed by atoms with Crippen molar-refractivity contribution in [3.63, 3.8) is 0 Å². The molecular formula is C29H40N2O5S. The van der Waals surface area contributed by atoms with E-state index in [1.807, 2.05) is 30.3 Å². The molecule has 1 spiro atoms. The lowest BCUT2D eigenvalue weighted by Gasteiger charge is -2.70. The molecule has 11 atom stereocenters. The van der Waals surface area contributed by atoms with Gasteiger partial charge in [0, 0.05) is 34.6 Å². The first-order valence-electron chi connectivity index (χ1n) is 13.9. The molecule has 7 nitrogen and oxygen atoms in total. The number of aliphatic hydroxyl groups excluding tert-OH is 1. The minimum Gasteiger partial charge on any atom is -0.411 e. The first kappa shape index (κ1) is 25.5. The van der Waals surface area contributed by atoms with E-state index in [2.05, 4.69) is 38.2 Å². The van der Waals surface area contributed by atoms with Crippen LogP contribution in [-0.2, 0) is 20.3 Å². The van der Waals surface area contributed by atoms with E-state index in [9.17, 15) is 19.3 Å². The van der Waals surface area contributed by atoms with Crippen molar-refractivity contribution in [2.24, 2.45) is 45.6 Å². The summed E-state index contributed by atoms with van der Waals surface area (Å²) < 4.78 is 21.5. The molecule has 3 N–H and O–H groups in total. The van der Waals surface area contributed by atoms with Crippen molar-refractivity contribution < 1.29 is 24.1 Å². The van der Waals surface area contributed by atoms with Gasteiger partial charge in [-0.2, -0.15) is 0 Å². The number of nitrogens with zero attached hydrogens (tertiary/aromatic N) is 1. The summed E-state index contributed by atoms with van der Waals surface area (Å²) in [5.41, 5.74) is -0.802. The lowest BCUT2D eigenvalue weighted by molar-refractivity contribution is -0.318. The molecule has 1 aromatic rings. The van der Waals surface area contributed by atoms with Crippen molar-refractivity contribution in [2.75, 3.05) is 6.54 Å². The van der Waals surface area contributed by atoms with E-state index in [1.54, 1.807) is 0 Å². The second kappa shape index (κ2) is 8.62. The molecule has 5 fully saturated rings. The molecule has 0 radical (unpaired) electrons. The molecular weight excluding hydrogens is 488 g/mol. The Morgan fingerprint density at radius 2 is 1.84 bits per heavy atom. The molecule has 11 unspecified atom stereocenters. The molecule has 3 saturated carbocycles. The van der Waals surface area contributed by atoms with Gasteiger partial charge in [0.05, 0.1) is 39.6 Å². The zero-order valence-corrected chi connectivity index (χ0v) is 23.0. The van der Waals surface area contributed by atoms with Crippen LogP contribution in [0.25, 0.3) is 0 Å². The lowest BCUT2D eigenvalue weighted by atomic mass is 9.42. The van der Waals surface area contributed by atoms with Crippen LogP contribution >= 0.6 is 0 Å². The van der Waals surface area contributed by atoms with Gasteiger partial charge < -0.3 is 20.4 Å². The SMILES string of the molecule is CC1CCC2C(C)(C)C(=NO)C(S(=O)c3ccccc3)CC23OC2C(CC13C)C(O)CC1C(=O)NCC12. The number of ether oxygens (including phenoxy) is 1. The average Bonchev–Trinajstić information content (AvgIpc) is 3.24. The largest absolute Gasteiger partial charge is 0.411 e. The van der Waals surface area contributed by atoms with E-state index in [0.29, 0.717) is 31.0 Å². The first-order chi connectivity index (χ1) is 17.5. The predicted molar refractivity (Wildman–Crippen MR) is 141 cm³/mol. The highest BCUT2D eigenvalue weighted by atomic mass is 32.2. The molecule has 2 heterocycles. The number of hydrogen-bond acceptors (Lipinski definition) is 6. The number of nitrogens with one attached hydrogen (secondary N) is 1. The quantitative estimate of drug-likeness (QED) is 0.400. The van der Waals surface area contributed by atoms with Gasteiger partial charge in [-0.3, -0.25) is 9.00 Å². The Bertz CT molecular complexity index is 1140. The van der Waals surface area contributed by atoms with Gasteiger partial charge in [-0.1, -0.05) is 51.0 Å². The van der Waals surface area contributed by atoms with Crippen LogP contribution in [0.2, 0.25) is 0 Å². The normalized spacial score (nSPS) is 48.2.